The Kier molecular flexibility index (Phi) is 3.12. The topological polar surface area (TPSA) is 23.8 Å². The van der Waals surface area contributed by atoms with Gasteiger partial charge in [-0.05, 0) is 36.8 Å². The normalized spacial score (nSPS) is 10.0. The molecule has 1 nitrogen and oxygen atoms in total. The Balaban J connectivity index is 2.58. The molecule has 0 aliphatic rings. The largest absolute Gasteiger partial charge is 0.206 e. The number of hydrogen-bond acceptors (Lipinski definition) is 1. The summed E-state index contributed by atoms with van der Waals surface area (Å²) in [6.45, 7) is 1.94. The minimum atomic E-state index is -0.525. The van der Waals surface area contributed by atoms with Crippen molar-refractivity contribution in [2.24, 2.45) is 0 Å². The Morgan fingerprint density at radius 2 is 1.94 bits per heavy atom. The SMILES string of the molecule is Cc1ccc(Cl)c(-c2ccc(C#N)c(F)c2)c1. The quantitative estimate of drug-likeness (QED) is 0.734. The molecule has 84 valence electrons. The molecule has 2 rings (SSSR count). The van der Waals surface area contributed by atoms with E-state index in [1.165, 1.54) is 12.1 Å². The van der Waals surface area contributed by atoms with Crippen LogP contribution in [0, 0.1) is 24.1 Å². The zero-order valence-corrected chi connectivity index (χ0v) is 9.92. The van der Waals surface area contributed by atoms with E-state index in [0.29, 0.717) is 10.6 Å². The Hall–Kier alpha value is -1.85. The van der Waals surface area contributed by atoms with E-state index in [-0.39, 0.29) is 5.56 Å². The van der Waals surface area contributed by atoms with Crippen LogP contribution in [0.4, 0.5) is 4.39 Å². The van der Waals surface area contributed by atoms with Crippen LogP contribution in [0.25, 0.3) is 11.1 Å². The molecule has 2 aromatic rings. The summed E-state index contributed by atoms with van der Waals surface area (Å²) in [5, 5.41) is 9.23. The fourth-order valence-electron chi connectivity index (χ4n) is 1.63. The van der Waals surface area contributed by atoms with Crippen molar-refractivity contribution in [1.82, 2.24) is 0 Å². The first-order chi connectivity index (χ1) is 8.11. The lowest BCUT2D eigenvalue weighted by atomic mass is 10.0. The molecule has 2 aromatic carbocycles. The van der Waals surface area contributed by atoms with E-state index in [9.17, 15) is 4.39 Å². The summed E-state index contributed by atoms with van der Waals surface area (Å²) in [7, 11) is 0. The summed E-state index contributed by atoms with van der Waals surface area (Å²) in [4.78, 5) is 0. The van der Waals surface area contributed by atoms with Gasteiger partial charge in [-0.25, -0.2) is 4.39 Å². The van der Waals surface area contributed by atoms with Gasteiger partial charge >= 0.3 is 0 Å². The highest BCUT2D eigenvalue weighted by Crippen LogP contribution is 2.29. The van der Waals surface area contributed by atoms with Gasteiger partial charge in [0.2, 0.25) is 0 Å². The van der Waals surface area contributed by atoms with Crippen molar-refractivity contribution < 1.29 is 4.39 Å². The predicted molar refractivity (Wildman–Crippen MR) is 66.3 cm³/mol. The standard InChI is InChI=1S/C14H9ClFN/c1-9-2-5-13(15)12(6-9)10-3-4-11(8-17)14(16)7-10/h2-7H,1H3. The molecule has 0 unspecified atom stereocenters. The lowest BCUT2D eigenvalue weighted by Crippen LogP contribution is -1.87. The number of hydrogen-bond donors (Lipinski definition) is 0. The summed E-state index contributed by atoms with van der Waals surface area (Å²) in [6.07, 6.45) is 0. The lowest BCUT2D eigenvalue weighted by Gasteiger charge is -2.06. The van der Waals surface area contributed by atoms with Crippen molar-refractivity contribution in [3.05, 3.63) is 58.4 Å². The molecule has 3 heteroatoms. The third-order valence-corrected chi connectivity index (χ3v) is 2.85. The first-order valence-corrected chi connectivity index (χ1v) is 5.46. The smallest absolute Gasteiger partial charge is 0.141 e. The Labute approximate surface area is 104 Å². The Bertz CT molecular complexity index is 614. The molecule has 0 saturated carbocycles. The summed E-state index contributed by atoms with van der Waals surface area (Å²) in [6, 6.07) is 11.8. The van der Waals surface area contributed by atoms with Crippen LogP contribution in [0.15, 0.2) is 36.4 Å². The number of nitrogens with zero attached hydrogens (tertiary/aromatic N) is 1. The summed E-state index contributed by atoms with van der Waals surface area (Å²) >= 11 is 6.07. The maximum absolute atomic E-state index is 13.5. The van der Waals surface area contributed by atoms with Crippen molar-refractivity contribution in [1.29, 1.82) is 5.26 Å². The zero-order chi connectivity index (χ0) is 12.4. The van der Waals surface area contributed by atoms with Gasteiger partial charge in [-0.1, -0.05) is 29.3 Å². The van der Waals surface area contributed by atoms with Gasteiger partial charge in [-0.2, -0.15) is 5.26 Å². The molecule has 0 aliphatic carbocycles. The molecule has 17 heavy (non-hydrogen) atoms. The molecular formula is C14H9ClFN. The molecule has 0 spiro atoms. The average molecular weight is 246 g/mol. The van der Waals surface area contributed by atoms with E-state index in [2.05, 4.69) is 0 Å². The zero-order valence-electron chi connectivity index (χ0n) is 9.17. The maximum atomic E-state index is 13.5. The van der Waals surface area contributed by atoms with Crippen LogP contribution in [-0.4, -0.2) is 0 Å². The minimum absolute atomic E-state index is 0.0394. The van der Waals surface area contributed by atoms with Crippen molar-refractivity contribution in [3.63, 3.8) is 0 Å². The number of nitriles is 1. The monoisotopic (exact) mass is 245 g/mol. The molecule has 0 saturated heterocycles. The molecular weight excluding hydrogens is 237 g/mol. The van der Waals surface area contributed by atoms with Crippen LogP contribution < -0.4 is 0 Å². The predicted octanol–water partition coefficient (Wildman–Crippen LogP) is 4.33. The molecule has 0 atom stereocenters. The molecule has 0 radical (unpaired) electrons. The first kappa shape index (κ1) is 11.6. The van der Waals surface area contributed by atoms with Gasteiger partial charge < -0.3 is 0 Å². The molecule has 0 bridgehead atoms. The molecule has 0 fully saturated rings. The van der Waals surface area contributed by atoms with Gasteiger partial charge in [0.15, 0.2) is 0 Å². The van der Waals surface area contributed by atoms with E-state index in [1.807, 2.05) is 19.1 Å². The Morgan fingerprint density at radius 3 is 2.59 bits per heavy atom. The molecule has 0 amide bonds. The van der Waals surface area contributed by atoms with Crippen LogP contribution in [0.5, 0.6) is 0 Å². The minimum Gasteiger partial charge on any atom is -0.206 e. The highest BCUT2D eigenvalue weighted by atomic mass is 35.5. The van der Waals surface area contributed by atoms with Gasteiger partial charge in [0.05, 0.1) is 5.56 Å². The van der Waals surface area contributed by atoms with Crippen molar-refractivity contribution in [2.45, 2.75) is 6.92 Å². The number of aryl methyl sites for hydroxylation is 1. The lowest BCUT2D eigenvalue weighted by molar-refractivity contribution is 0.624. The highest BCUT2D eigenvalue weighted by Gasteiger charge is 2.07. The summed E-state index contributed by atoms with van der Waals surface area (Å²) < 4.78 is 13.5. The average Bonchev–Trinajstić information content (AvgIpc) is 2.32. The Morgan fingerprint density at radius 1 is 1.18 bits per heavy atom. The third kappa shape index (κ3) is 2.30. The van der Waals surface area contributed by atoms with Crippen molar-refractivity contribution in [2.75, 3.05) is 0 Å². The van der Waals surface area contributed by atoms with Gasteiger partial charge in [0, 0.05) is 10.6 Å². The van der Waals surface area contributed by atoms with Crippen molar-refractivity contribution in [3.8, 4) is 17.2 Å². The van der Waals surface area contributed by atoms with Crippen LogP contribution in [0.1, 0.15) is 11.1 Å². The number of halogens is 2. The second kappa shape index (κ2) is 4.57. The molecule has 0 N–H and O–H groups in total. The van der Waals surface area contributed by atoms with Crippen LogP contribution in [0.2, 0.25) is 5.02 Å². The van der Waals surface area contributed by atoms with Crippen LogP contribution >= 0.6 is 11.6 Å². The second-order valence-electron chi connectivity index (χ2n) is 3.79. The van der Waals surface area contributed by atoms with E-state index >= 15 is 0 Å². The van der Waals surface area contributed by atoms with E-state index in [1.54, 1.807) is 18.2 Å². The van der Waals surface area contributed by atoms with E-state index in [0.717, 1.165) is 11.1 Å². The summed E-state index contributed by atoms with van der Waals surface area (Å²) in [5.74, 6) is -0.525. The van der Waals surface area contributed by atoms with Gasteiger partial charge in [-0.3, -0.25) is 0 Å². The molecule has 0 aromatic heterocycles. The van der Waals surface area contributed by atoms with Crippen molar-refractivity contribution >= 4 is 11.6 Å². The fraction of sp³-hybridized carbons (Fsp3) is 0.0714. The molecule has 0 aliphatic heterocycles. The van der Waals surface area contributed by atoms with Crippen LogP contribution in [0.3, 0.4) is 0 Å². The van der Waals surface area contributed by atoms with Crippen LogP contribution in [-0.2, 0) is 0 Å². The van der Waals surface area contributed by atoms with Gasteiger partial charge in [0.25, 0.3) is 0 Å². The molecule has 0 heterocycles. The second-order valence-corrected chi connectivity index (χ2v) is 4.20. The third-order valence-electron chi connectivity index (χ3n) is 2.52. The van der Waals surface area contributed by atoms with Gasteiger partial charge in [-0.15, -0.1) is 0 Å². The van der Waals surface area contributed by atoms with E-state index in [4.69, 9.17) is 16.9 Å². The van der Waals surface area contributed by atoms with E-state index < -0.39 is 5.82 Å². The number of rotatable bonds is 1. The van der Waals surface area contributed by atoms with Gasteiger partial charge in [0.1, 0.15) is 11.9 Å². The first-order valence-electron chi connectivity index (χ1n) is 5.08. The highest BCUT2D eigenvalue weighted by molar-refractivity contribution is 6.33. The summed E-state index contributed by atoms with van der Waals surface area (Å²) in [5.41, 5.74) is 2.54. The number of benzene rings is 2. The fourth-order valence-corrected chi connectivity index (χ4v) is 1.86. The maximum Gasteiger partial charge on any atom is 0.141 e.